The highest BCUT2D eigenvalue weighted by Gasteiger charge is 2.42. The fourth-order valence-electron chi connectivity index (χ4n) is 2.88. The summed E-state index contributed by atoms with van der Waals surface area (Å²) in [4.78, 5) is 1.03. The number of nitrogens with two attached hydrogens (primary N) is 1. The van der Waals surface area contributed by atoms with Gasteiger partial charge in [0, 0.05) is 16.3 Å². The Morgan fingerprint density at radius 3 is 2.67 bits per heavy atom. The van der Waals surface area contributed by atoms with E-state index in [0.717, 1.165) is 24.2 Å². The number of hydrogen-bond acceptors (Lipinski definition) is 5. The van der Waals surface area contributed by atoms with Crippen molar-refractivity contribution in [3.05, 3.63) is 24.3 Å². The lowest BCUT2D eigenvalue weighted by Gasteiger charge is -2.19. The summed E-state index contributed by atoms with van der Waals surface area (Å²) >= 11 is 1.52. The zero-order valence-corrected chi connectivity index (χ0v) is 13.3. The Labute approximate surface area is 129 Å². The number of hydrogen-bond donors (Lipinski definition) is 2. The molecule has 7 heteroatoms. The van der Waals surface area contributed by atoms with Gasteiger partial charge in [-0.15, -0.1) is 11.8 Å². The van der Waals surface area contributed by atoms with E-state index in [2.05, 4.69) is 4.72 Å². The van der Waals surface area contributed by atoms with Gasteiger partial charge in [-0.1, -0.05) is 0 Å². The van der Waals surface area contributed by atoms with Crippen LogP contribution in [0, 0.1) is 0 Å². The van der Waals surface area contributed by atoms with E-state index in [1.165, 1.54) is 11.8 Å². The Morgan fingerprint density at radius 1 is 1.29 bits per heavy atom. The molecule has 0 spiro atoms. The van der Waals surface area contributed by atoms with Gasteiger partial charge in [0.2, 0.25) is 10.0 Å². The van der Waals surface area contributed by atoms with Crippen LogP contribution in [0.5, 0.6) is 0 Å². The Bertz CT molecular complexity index is 589. The Hall–Kier alpha value is -0.760. The van der Waals surface area contributed by atoms with E-state index in [4.69, 9.17) is 10.5 Å². The molecule has 5 nitrogen and oxygen atoms in total. The molecule has 3 rings (SSSR count). The number of nitrogen functional groups attached to an aromatic ring is 1. The van der Waals surface area contributed by atoms with Crippen molar-refractivity contribution in [2.75, 3.05) is 17.2 Å². The van der Waals surface area contributed by atoms with Gasteiger partial charge in [-0.05, 0) is 43.5 Å². The molecule has 0 aliphatic carbocycles. The maximum Gasteiger partial charge on any atom is 0.212 e. The lowest BCUT2D eigenvalue weighted by atomic mass is 9.96. The molecule has 0 radical (unpaired) electrons. The second-order valence-corrected chi connectivity index (χ2v) is 8.61. The Morgan fingerprint density at radius 2 is 2.05 bits per heavy atom. The zero-order chi connectivity index (χ0) is 14.9. The van der Waals surface area contributed by atoms with E-state index in [1.54, 1.807) is 0 Å². The van der Waals surface area contributed by atoms with Gasteiger partial charge in [-0.2, -0.15) is 0 Å². The molecule has 2 aliphatic rings. The molecule has 0 aromatic heterocycles. The molecule has 0 saturated carbocycles. The fourth-order valence-corrected chi connectivity index (χ4v) is 5.49. The molecule has 3 unspecified atom stereocenters. The van der Waals surface area contributed by atoms with Crippen LogP contribution in [0.2, 0.25) is 0 Å². The molecule has 0 amide bonds. The summed E-state index contributed by atoms with van der Waals surface area (Å²) in [6.45, 7) is 0. The summed E-state index contributed by atoms with van der Waals surface area (Å²) in [7, 11) is -3.24. The molecule has 3 atom stereocenters. The van der Waals surface area contributed by atoms with Crippen molar-refractivity contribution < 1.29 is 13.2 Å². The molecular formula is C14H20N2O3S2. The average molecular weight is 328 g/mol. The van der Waals surface area contributed by atoms with Gasteiger partial charge < -0.3 is 10.5 Å². The molecule has 1 aromatic carbocycles. The average Bonchev–Trinajstić information content (AvgIpc) is 3.02. The number of nitrogens with one attached hydrogen (secondary N) is 1. The molecular weight excluding hydrogens is 308 g/mol. The van der Waals surface area contributed by atoms with Gasteiger partial charge in [-0.3, -0.25) is 0 Å². The number of benzene rings is 1. The number of rotatable bonds is 6. The maximum atomic E-state index is 12.1. The summed E-state index contributed by atoms with van der Waals surface area (Å²) in [5.74, 6) is 0.650. The standard InChI is InChI=1S/C14H20N2O3S2/c15-10-1-4-12(5-2-10)20-7-8-21(17,18)16-13-9-11-3-6-14(13)19-11/h1-2,4-5,11,13-14,16H,3,6-9,15H2. The normalized spacial score (nSPS) is 28.1. The second kappa shape index (κ2) is 6.16. The monoisotopic (exact) mass is 328 g/mol. The van der Waals surface area contributed by atoms with Crippen LogP contribution in [0.3, 0.4) is 0 Å². The van der Waals surface area contributed by atoms with E-state index in [1.807, 2.05) is 24.3 Å². The van der Waals surface area contributed by atoms with Crippen LogP contribution >= 0.6 is 11.8 Å². The van der Waals surface area contributed by atoms with Crippen molar-refractivity contribution in [1.29, 1.82) is 0 Å². The van der Waals surface area contributed by atoms with Gasteiger partial charge in [-0.25, -0.2) is 13.1 Å². The highest BCUT2D eigenvalue weighted by Crippen LogP contribution is 2.34. The quantitative estimate of drug-likeness (QED) is 0.612. The molecule has 2 aliphatic heterocycles. The SMILES string of the molecule is Nc1ccc(SCCS(=O)(=O)NC2CC3CCC2O3)cc1. The summed E-state index contributed by atoms with van der Waals surface area (Å²) < 4.78 is 32.7. The van der Waals surface area contributed by atoms with E-state index in [-0.39, 0.29) is 24.0 Å². The zero-order valence-electron chi connectivity index (χ0n) is 11.7. The first kappa shape index (κ1) is 15.1. The third-order valence-corrected chi connectivity index (χ3v) is 6.61. The molecule has 2 bridgehead atoms. The second-order valence-electron chi connectivity index (χ2n) is 5.57. The smallest absolute Gasteiger partial charge is 0.212 e. The molecule has 21 heavy (non-hydrogen) atoms. The van der Waals surface area contributed by atoms with Crippen molar-refractivity contribution in [2.45, 2.75) is 42.4 Å². The van der Waals surface area contributed by atoms with Crippen molar-refractivity contribution in [2.24, 2.45) is 0 Å². The molecule has 2 saturated heterocycles. The maximum absolute atomic E-state index is 12.1. The lowest BCUT2D eigenvalue weighted by Crippen LogP contribution is -2.42. The third-order valence-electron chi connectivity index (χ3n) is 3.94. The number of fused-ring (bicyclic) bond motifs is 2. The molecule has 116 valence electrons. The minimum atomic E-state index is -3.24. The molecule has 2 fully saturated rings. The van der Waals surface area contributed by atoms with E-state index >= 15 is 0 Å². The summed E-state index contributed by atoms with van der Waals surface area (Å²) in [5.41, 5.74) is 6.33. The summed E-state index contributed by atoms with van der Waals surface area (Å²) in [6.07, 6.45) is 3.18. The summed E-state index contributed by atoms with van der Waals surface area (Å²) in [5, 5.41) is 0. The predicted molar refractivity (Wildman–Crippen MR) is 84.8 cm³/mol. The van der Waals surface area contributed by atoms with Crippen molar-refractivity contribution in [3.8, 4) is 0 Å². The van der Waals surface area contributed by atoms with Gasteiger partial charge in [0.15, 0.2) is 0 Å². The first-order valence-corrected chi connectivity index (χ1v) is 9.79. The largest absolute Gasteiger partial charge is 0.399 e. The highest BCUT2D eigenvalue weighted by atomic mass is 32.2. The van der Waals surface area contributed by atoms with Crippen molar-refractivity contribution >= 4 is 27.5 Å². The van der Waals surface area contributed by atoms with E-state index in [9.17, 15) is 8.42 Å². The first-order valence-electron chi connectivity index (χ1n) is 7.16. The van der Waals surface area contributed by atoms with E-state index < -0.39 is 10.0 Å². The summed E-state index contributed by atoms with van der Waals surface area (Å²) in [6, 6.07) is 7.42. The van der Waals surface area contributed by atoms with Crippen LogP contribution in [-0.2, 0) is 14.8 Å². The highest BCUT2D eigenvalue weighted by molar-refractivity contribution is 8.00. The van der Waals surface area contributed by atoms with Gasteiger partial charge in [0.1, 0.15) is 0 Å². The van der Waals surface area contributed by atoms with Crippen LogP contribution in [0.15, 0.2) is 29.2 Å². The third kappa shape index (κ3) is 3.91. The van der Waals surface area contributed by atoms with E-state index in [0.29, 0.717) is 11.4 Å². The predicted octanol–water partition coefficient (Wildman–Crippen LogP) is 1.60. The van der Waals surface area contributed by atoms with Crippen molar-refractivity contribution in [1.82, 2.24) is 4.72 Å². The molecule has 3 N–H and O–H groups in total. The van der Waals surface area contributed by atoms with Gasteiger partial charge >= 0.3 is 0 Å². The van der Waals surface area contributed by atoms with Crippen LogP contribution in [0.4, 0.5) is 5.69 Å². The van der Waals surface area contributed by atoms with Gasteiger partial charge in [0.05, 0.1) is 24.0 Å². The van der Waals surface area contributed by atoms with Crippen LogP contribution < -0.4 is 10.5 Å². The number of sulfonamides is 1. The molecule has 2 heterocycles. The minimum absolute atomic E-state index is 0.0322. The first-order chi connectivity index (χ1) is 10.0. The van der Waals surface area contributed by atoms with Gasteiger partial charge in [0.25, 0.3) is 0 Å². The topological polar surface area (TPSA) is 81.4 Å². The van der Waals surface area contributed by atoms with Crippen LogP contribution in [0.1, 0.15) is 19.3 Å². The minimum Gasteiger partial charge on any atom is -0.399 e. The van der Waals surface area contributed by atoms with Crippen molar-refractivity contribution in [3.63, 3.8) is 0 Å². The number of thioether (sulfide) groups is 1. The van der Waals surface area contributed by atoms with Crippen LogP contribution in [0.25, 0.3) is 0 Å². The van der Waals surface area contributed by atoms with Crippen LogP contribution in [-0.4, -0.2) is 38.2 Å². The lowest BCUT2D eigenvalue weighted by molar-refractivity contribution is 0.0996. The fraction of sp³-hybridized carbons (Fsp3) is 0.571. The Kier molecular flexibility index (Phi) is 4.44. The number of anilines is 1. The number of ether oxygens (including phenoxy) is 1. The Balaban J connectivity index is 1.46. The molecule has 1 aromatic rings.